The van der Waals surface area contributed by atoms with E-state index in [9.17, 15) is 32.4 Å². The molecule has 4 amide bonds. The molecular formula is C40H49N5O9S. The van der Waals surface area contributed by atoms with Gasteiger partial charge in [-0.1, -0.05) is 49.3 Å². The van der Waals surface area contributed by atoms with Gasteiger partial charge in [0, 0.05) is 30.3 Å². The molecule has 0 unspecified atom stereocenters. The van der Waals surface area contributed by atoms with Crippen LogP contribution in [0.15, 0.2) is 59.9 Å². The molecule has 2 aliphatic heterocycles. The number of alkyl carbamates (subject to hydrolysis) is 1. The van der Waals surface area contributed by atoms with Gasteiger partial charge in [-0.25, -0.2) is 13.2 Å². The molecule has 294 valence electrons. The molecule has 4 saturated carbocycles. The predicted molar refractivity (Wildman–Crippen MR) is 202 cm³/mol. The van der Waals surface area contributed by atoms with E-state index in [2.05, 4.69) is 21.9 Å². The maximum Gasteiger partial charge on any atom is 0.408 e. The van der Waals surface area contributed by atoms with E-state index in [0.29, 0.717) is 49.3 Å². The summed E-state index contributed by atoms with van der Waals surface area (Å²) in [6.07, 6.45) is 11.1. The number of hydrogen-bond donors (Lipinski definition) is 3. The Kier molecular flexibility index (Phi) is 10.0. The number of nitrogens with one attached hydrogen (secondary N) is 3. The Balaban J connectivity index is 1.15. The van der Waals surface area contributed by atoms with E-state index in [1.165, 1.54) is 11.0 Å². The average Bonchev–Trinajstić information content (AvgIpc) is 3.95. The summed E-state index contributed by atoms with van der Waals surface area (Å²) in [7, 11) is -3.91. The van der Waals surface area contributed by atoms with Gasteiger partial charge in [-0.3, -0.25) is 28.5 Å². The fourth-order valence-corrected chi connectivity index (χ4v) is 10.5. The van der Waals surface area contributed by atoms with E-state index < -0.39 is 68.7 Å². The first-order valence-electron chi connectivity index (χ1n) is 19.7. The number of fused-ring (bicyclic) bond motifs is 5. The minimum atomic E-state index is -3.91. The van der Waals surface area contributed by atoms with Crippen molar-refractivity contribution in [2.24, 2.45) is 17.8 Å². The molecule has 3 heterocycles. The van der Waals surface area contributed by atoms with Crippen LogP contribution in [0.25, 0.3) is 10.8 Å². The van der Waals surface area contributed by atoms with Crippen molar-refractivity contribution in [1.29, 1.82) is 0 Å². The van der Waals surface area contributed by atoms with Gasteiger partial charge >= 0.3 is 6.09 Å². The van der Waals surface area contributed by atoms with E-state index in [4.69, 9.17) is 9.47 Å². The molecule has 7 atom stereocenters. The van der Waals surface area contributed by atoms with Gasteiger partial charge in [0.1, 0.15) is 29.8 Å². The summed E-state index contributed by atoms with van der Waals surface area (Å²) in [5.41, 5.74) is -1.80. The van der Waals surface area contributed by atoms with Crippen LogP contribution in [-0.2, 0) is 35.7 Å². The molecule has 2 bridgehead atoms. The van der Waals surface area contributed by atoms with Crippen LogP contribution in [0.2, 0.25) is 0 Å². The largest absolute Gasteiger partial charge is 0.473 e. The summed E-state index contributed by atoms with van der Waals surface area (Å²) >= 11 is 0. The number of aromatic nitrogens is 1. The monoisotopic (exact) mass is 775 g/mol. The van der Waals surface area contributed by atoms with Crippen molar-refractivity contribution in [3.63, 3.8) is 0 Å². The number of rotatable bonds is 7. The Morgan fingerprint density at radius 2 is 1.73 bits per heavy atom. The van der Waals surface area contributed by atoms with Crippen LogP contribution in [-0.4, -0.2) is 83.3 Å². The molecule has 0 spiro atoms. The van der Waals surface area contributed by atoms with Gasteiger partial charge in [0.05, 0.1) is 11.8 Å². The predicted octanol–water partition coefficient (Wildman–Crippen LogP) is 3.43. The van der Waals surface area contributed by atoms with E-state index in [1.54, 1.807) is 22.8 Å². The summed E-state index contributed by atoms with van der Waals surface area (Å²) < 4.78 is 41.8. The van der Waals surface area contributed by atoms with E-state index in [-0.39, 0.29) is 55.3 Å². The third-order valence-electron chi connectivity index (χ3n) is 12.5. The number of carbonyl (C=O) groups excluding carboxylic acids is 4. The number of amides is 4. The molecule has 14 nitrogen and oxygen atoms in total. The zero-order valence-corrected chi connectivity index (χ0v) is 31.6. The van der Waals surface area contributed by atoms with Crippen LogP contribution in [0.4, 0.5) is 4.79 Å². The number of pyridine rings is 1. The van der Waals surface area contributed by atoms with Gasteiger partial charge in [-0.05, 0) is 81.1 Å². The molecule has 1 aromatic heterocycles. The van der Waals surface area contributed by atoms with Crippen molar-refractivity contribution >= 4 is 44.6 Å². The Bertz CT molecular complexity index is 2090. The lowest BCUT2D eigenvalue weighted by atomic mass is 9.96. The topological polar surface area (TPSA) is 182 Å². The third-order valence-corrected chi connectivity index (χ3v) is 14.3. The Morgan fingerprint density at radius 1 is 0.964 bits per heavy atom. The van der Waals surface area contributed by atoms with Crippen LogP contribution in [0.3, 0.4) is 0 Å². The van der Waals surface area contributed by atoms with Crippen molar-refractivity contribution in [2.75, 3.05) is 6.54 Å². The number of allylic oxidation sites excluding steroid dienone is 2. The molecule has 0 radical (unpaired) electrons. The molecule has 8 rings (SSSR count). The standard InChI is InChI=1S/C40H49N5O9S/c1-2-27-22-40(27,38(49)43-55(51,52)29-17-18-29)42-35(46)31-21-28-23-45(31)37(48)34(25-11-3-4-12-25)41-39(50)54-32-16-9-14-24(32)10-7-8-19-44-33(53-28)20-26-13-5-6-15-30(26)36(44)47/h2,5-8,13,15,20,24-25,27-29,31-32,34H,1,3-4,9-12,14,16-19,21-23H2,(H,41,50)(H,42,46)(H,43,49)/b8-7+/t24-,27-,28-,31+,32-,34+,40-/m1/s1. The van der Waals surface area contributed by atoms with Crippen LogP contribution in [0, 0.1) is 17.8 Å². The van der Waals surface area contributed by atoms with Crippen LogP contribution in [0.5, 0.6) is 5.88 Å². The Labute approximate surface area is 320 Å². The van der Waals surface area contributed by atoms with Gasteiger partial charge in [-0.2, -0.15) is 0 Å². The lowest BCUT2D eigenvalue weighted by molar-refractivity contribution is -0.142. The average molecular weight is 776 g/mol. The van der Waals surface area contributed by atoms with Gasteiger partial charge in [0.15, 0.2) is 5.88 Å². The number of nitrogens with zero attached hydrogens (tertiary/aromatic N) is 2. The van der Waals surface area contributed by atoms with Crippen molar-refractivity contribution in [1.82, 2.24) is 24.8 Å². The Hall–Kier alpha value is -4.66. The molecule has 4 aliphatic carbocycles. The second-order valence-corrected chi connectivity index (χ2v) is 18.1. The highest BCUT2D eigenvalue weighted by atomic mass is 32.2. The zero-order chi connectivity index (χ0) is 38.5. The summed E-state index contributed by atoms with van der Waals surface area (Å²) in [5, 5.41) is 6.29. The minimum Gasteiger partial charge on any atom is -0.473 e. The summed E-state index contributed by atoms with van der Waals surface area (Å²) in [5.74, 6) is -2.30. The highest BCUT2D eigenvalue weighted by molar-refractivity contribution is 7.91. The first-order chi connectivity index (χ1) is 26.5. The fraction of sp³-hybridized carbons (Fsp3) is 0.575. The summed E-state index contributed by atoms with van der Waals surface area (Å²) in [4.78, 5) is 71.6. The SMILES string of the molecule is C=C[C@@H]1C[C@]1(NC(=O)[C@@H]1C[C@@H]2CN1C(=O)[C@H](C1CCCC1)NC(=O)O[C@@H]1CCC[C@H]1C/C=C/Cn1c(cc3ccccc3c1=O)O2)C(=O)NS(=O)(=O)C1CC1. The van der Waals surface area contributed by atoms with Crippen LogP contribution in [0.1, 0.15) is 77.0 Å². The van der Waals surface area contributed by atoms with Gasteiger partial charge in [0.25, 0.3) is 11.5 Å². The lowest BCUT2D eigenvalue weighted by Gasteiger charge is -2.32. The third kappa shape index (κ3) is 7.39. The molecular weight excluding hydrogens is 727 g/mol. The molecule has 1 saturated heterocycles. The van der Waals surface area contributed by atoms with Crippen molar-refractivity contribution < 1.29 is 37.1 Å². The van der Waals surface area contributed by atoms with Crippen molar-refractivity contribution in [3.05, 3.63) is 65.5 Å². The maximum absolute atomic E-state index is 14.8. The first kappa shape index (κ1) is 37.3. The molecule has 55 heavy (non-hydrogen) atoms. The highest BCUT2D eigenvalue weighted by Gasteiger charge is 2.62. The second-order valence-electron chi connectivity index (χ2n) is 16.2. The number of carbonyl (C=O) groups is 4. The van der Waals surface area contributed by atoms with Gasteiger partial charge < -0.3 is 25.0 Å². The van der Waals surface area contributed by atoms with Gasteiger partial charge in [0.2, 0.25) is 21.8 Å². The molecule has 5 fully saturated rings. The normalized spacial score (nSPS) is 32.0. The fourth-order valence-electron chi connectivity index (χ4n) is 9.14. The summed E-state index contributed by atoms with van der Waals surface area (Å²) in [6.45, 7) is 3.96. The number of sulfonamides is 1. The molecule has 3 N–H and O–H groups in total. The lowest BCUT2D eigenvalue weighted by Crippen LogP contribution is -2.59. The maximum atomic E-state index is 14.8. The number of ether oxygens (including phenoxy) is 2. The van der Waals surface area contributed by atoms with Gasteiger partial charge in [-0.15, -0.1) is 6.58 Å². The molecule has 2 aromatic rings. The van der Waals surface area contributed by atoms with Crippen molar-refractivity contribution in [3.8, 4) is 5.88 Å². The van der Waals surface area contributed by atoms with E-state index in [1.807, 2.05) is 24.3 Å². The smallest absolute Gasteiger partial charge is 0.408 e. The molecule has 15 heteroatoms. The van der Waals surface area contributed by atoms with Crippen LogP contribution >= 0.6 is 0 Å². The number of hydrogen-bond acceptors (Lipinski definition) is 9. The summed E-state index contributed by atoms with van der Waals surface area (Å²) in [6, 6.07) is 6.90. The minimum absolute atomic E-state index is 0.0108. The van der Waals surface area contributed by atoms with E-state index in [0.717, 1.165) is 25.7 Å². The Morgan fingerprint density at radius 3 is 2.47 bits per heavy atom. The quantitative estimate of drug-likeness (QED) is 0.355. The highest BCUT2D eigenvalue weighted by Crippen LogP contribution is 2.45. The second kappa shape index (κ2) is 14.8. The van der Waals surface area contributed by atoms with E-state index >= 15 is 0 Å². The molecule has 1 aromatic carbocycles. The van der Waals surface area contributed by atoms with Crippen molar-refractivity contribution in [2.45, 2.75) is 119 Å². The number of benzene rings is 1. The zero-order valence-electron chi connectivity index (χ0n) is 30.8. The van der Waals surface area contributed by atoms with Crippen LogP contribution < -0.4 is 25.7 Å². The molecule has 6 aliphatic rings. The first-order valence-corrected chi connectivity index (χ1v) is 21.2.